The predicted octanol–water partition coefficient (Wildman–Crippen LogP) is 2.54. The van der Waals surface area contributed by atoms with Crippen molar-refractivity contribution in [2.75, 3.05) is 0 Å². The number of alkyl halides is 1. The van der Waals surface area contributed by atoms with Crippen molar-refractivity contribution >= 4 is 39.1 Å². The van der Waals surface area contributed by atoms with Crippen LogP contribution in [0, 0.1) is 0 Å². The Morgan fingerprint density at radius 3 is 2.73 bits per heavy atom. The van der Waals surface area contributed by atoms with Gasteiger partial charge in [-0.3, -0.25) is 0 Å². The summed E-state index contributed by atoms with van der Waals surface area (Å²) >= 11 is 5.17. The van der Waals surface area contributed by atoms with Gasteiger partial charge in [-0.1, -0.05) is 58.0 Å². The third-order valence-electron chi connectivity index (χ3n) is 2.03. The van der Waals surface area contributed by atoms with E-state index in [2.05, 4.69) is 38.3 Å². The summed E-state index contributed by atoms with van der Waals surface area (Å²) < 4.78 is 0. The third kappa shape index (κ3) is 2.60. The number of thioether (sulfide) groups is 1. The van der Waals surface area contributed by atoms with Gasteiger partial charge in [0.25, 0.3) is 0 Å². The van der Waals surface area contributed by atoms with E-state index in [-0.39, 0.29) is 10.1 Å². The lowest BCUT2D eigenvalue weighted by Crippen LogP contribution is -2.21. The van der Waals surface area contributed by atoms with Crippen LogP contribution in [0.3, 0.4) is 0 Å². The molecular weight excluding hydrogens is 274 g/mol. The van der Waals surface area contributed by atoms with Crippen LogP contribution in [0.1, 0.15) is 10.4 Å². The van der Waals surface area contributed by atoms with Crippen LogP contribution in [0.25, 0.3) is 0 Å². The van der Waals surface area contributed by atoms with E-state index in [1.807, 2.05) is 24.4 Å². The minimum Gasteiger partial charge on any atom is -0.377 e. The summed E-state index contributed by atoms with van der Waals surface area (Å²) in [5, 5.41) is 8.35. The van der Waals surface area contributed by atoms with Gasteiger partial charge in [0.2, 0.25) is 0 Å². The fourth-order valence-corrected chi connectivity index (χ4v) is 2.84. The van der Waals surface area contributed by atoms with Crippen LogP contribution in [0.15, 0.2) is 40.5 Å². The van der Waals surface area contributed by atoms with Crippen LogP contribution >= 0.6 is 27.7 Å². The van der Waals surface area contributed by atoms with Gasteiger partial charge in [0.1, 0.15) is 0 Å². The first-order valence-electron chi connectivity index (χ1n) is 4.49. The molecule has 2 unspecified atom stereocenters. The van der Waals surface area contributed by atoms with Crippen molar-refractivity contribution in [3.63, 3.8) is 0 Å². The first-order chi connectivity index (χ1) is 7.27. The van der Waals surface area contributed by atoms with E-state index in [0.717, 1.165) is 0 Å². The number of amidine groups is 1. The number of halogens is 1. The molecule has 1 aromatic rings. The molecule has 1 heterocycles. The lowest BCUT2D eigenvalue weighted by Gasteiger charge is -2.19. The molecule has 1 aliphatic rings. The summed E-state index contributed by atoms with van der Waals surface area (Å²) in [6.07, 6.45) is 1.81. The molecule has 0 bridgehead atoms. The highest BCUT2D eigenvalue weighted by Crippen LogP contribution is 2.34. The lowest BCUT2D eigenvalue weighted by atomic mass is 10.1. The van der Waals surface area contributed by atoms with Crippen LogP contribution in [0.2, 0.25) is 0 Å². The van der Waals surface area contributed by atoms with Crippen molar-refractivity contribution in [3.05, 3.63) is 35.9 Å². The third-order valence-corrected chi connectivity index (χ3v) is 4.47. The summed E-state index contributed by atoms with van der Waals surface area (Å²) in [6.45, 7) is 0. The van der Waals surface area contributed by atoms with Crippen molar-refractivity contribution in [1.82, 2.24) is 0 Å². The Kier molecular flexibility index (Phi) is 3.43. The van der Waals surface area contributed by atoms with E-state index >= 15 is 0 Å². The average Bonchev–Trinajstić information content (AvgIpc) is 2.29. The van der Waals surface area contributed by atoms with Crippen LogP contribution in [0.5, 0.6) is 0 Å². The Hall–Kier alpha value is -0.810. The molecule has 3 nitrogen and oxygen atoms in total. The molecule has 0 radical (unpaired) electrons. The molecule has 2 rings (SSSR count). The number of benzene rings is 1. The van der Waals surface area contributed by atoms with E-state index < -0.39 is 0 Å². The average molecular weight is 284 g/mol. The summed E-state index contributed by atoms with van der Waals surface area (Å²) in [5.41, 5.74) is 6.84. The zero-order valence-corrected chi connectivity index (χ0v) is 10.3. The molecule has 78 valence electrons. The zero-order valence-electron chi connectivity index (χ0n) is 7.88. The number of hydrogen-bond acceptors (Lipinski definition) is 4. The van der Waals surface area contributed by atoms with Gasteiger partial charge in [-0.15, -0.1) is 5.10 Å². The molecule has 0 aliphatic carbocycles. The molecule has 0 amide bonds. The van der Waals surface area contributed by atoms with Gasteiger partial charge in [0.15, 0.2) is 5.17 Å². The minimum absolute atomic E-state index is 0.199. The molecular formula is C10H10BrN3S. The lowest BCUT2D eigenvalue weighted by molar-refractivity contribution is 1.04. The Balaban J connectivity index is 2.13. The molecule has 2 N–H and O–H groups in total. The number of nitrogens with zero attached hydrogens (tertiary/aromatic N) is 2. The molecule has 1 aromatic carbocycles. The SMILES string of the molecule is NC1=NN=CC(C(Br)c2ccccc2)S1. The van der Waals surface area contributed by atoms with E-state index in [1.54, 1.807) is 0 Å². The highest BCUT2D eigenvalue weighted by molar-refractivity contribution is 9.09. The van der Waals surface area contributed by atoms with Crippen LogP contribution < -0.4 is 5.73 Å². The molecule has 1 aliphatic heterocycles. The quantitative estimate of drug-likeness (QED) is 0.848. The van der Waals surface area contributed by atoms with Gasteiger partial charge >= 0.3 is 0 Å². The van der Waals surface area contributed by atoms with E-state index in [1.165, 1.54) is 17.3 Å². The maximum absolute atomic E-state index is 5.62. The monoisotopic (exact) mass is 283 g/mol. The van der Waals surface area contributed by atoms with E-state index in [0.29, 0.717) is 5.17 Å². The Bertz CT molecular complexity index is 391. The van der Waals surface area contributed by atoms with Crippen LogP contribution in [-0.4, -0.2) is 16.6 Å². The highest BCUT2D eigenvalue weighted by Gasteiger charge is 2.22. The standard InChI is InChI=1S/C10H10BrN3S/c11-9(7-4-2-1-3-5-7)8-6-13-14-10(12)15-8/h1-6,8-9H,(H2,12,14). The normalized spacial score (nSPS) is 22.2. The molecule has 0 saturated carbocycles. The second kappa shape index (κ2) is 4.81. The Morgan fingerprint density at radius 1 is 1.33 bits per heavy atom. The molecule has 0 fully saturated rings. The second-order valence-corrected chi connectivity index (χ2v) is 5.28. The summed E-state index contributed by atoms with van der Waals surface area (Å²) in [5.74, 6) is 0. The van der Waals surface area contributed by atoms with Gasteiger partial charge in [-0.05, 0) is 5.56 Å². The largest absolute Gasteiger partial charge is 0.377 e. The van der Waals surface area contributed by atoms with Gasteiger partial charge < -0.3 is 5.73 Å². The number of hydrogen-bond donors (Lipinski definition) is 1. The fourth-order valence-electron chi connectivity index (χ4n) is 1.31. The van der Waals surface area contributed by atoms with Crippen LogP contribution in [0.4, 0.5) is 0 Å². The molecule has 5 heteroatoms. The van der Waals surface area contributed by atoms with Gasteiger partial charge in [-0.25, -0.2) is 0 Å². The van der Waals surface area contributed by atoms with E-state index in [4.69, 9.17) is 5.73 Å². The number of nitrogens with two attached hydrogens (primary N) is 1. The molecule has 15 heavy (non-hydrogen) atoms. The van der Waals surface area contributed by atoms with Crippen LogP contribution in [-0.2, 0) is 0 Å². The van der Waals surface area contributed by atoms with Crippen molar-refractivity contribution in [3.8, 4) is 0 Å². The minimum atomic E-state index is 0.199. The molecule has 0 saturated heterocycles. The van der Waals surface area contributed by atoms with E-state index in [9.17, 15) is 0 Å². The first-order valence-corrected chi connectivity index (χ1v) is 6.29. The summed E-state index contributed by atoms with van der Waals surface area (Å²) in [7, 11) is 0. The summed E-state index contributed by atoms with van der Waals surface area (Å²) in [6, 6.07) is 10.2. The van der Waals surface area contributed by atoms with Gasteiger partial charge in [-0.2, -0.15) is 5.10 Å². The Morgan fingerprint density at radius 2 is 2.07 bits per heavy atom. The fraction of sp³-hybridized carbons (Fsp3) is 0.200. The van der Waals surface area contributed by atoms with Gasteiger partial charge in [0.05, 0.1) is 10.1 Å². The van der Waals surface area contributed by atoms with Crippen molar-refractivity contribution in [1.29, 1.82) is 0 Å². The highest BCUT2D eigenvalue weighted by atomic mass is 79.9. The smallest absolute Gasteiger partial charge is 0.181 e. The topological polar surface area (TPSA) is 50.7 Å². The van der Waals surface area contributed by atoms with Gasteiger partial charge in [0, 0.05) is 6.21 Å². The van der Waals surface area contributed by atoms with Crippen molar-refractivity contribution in [2.45, 2.75) is 10.1 Å². The Labute approximate surface area is 101 Å². The van der Waals surface area contributed by atoms with Crippen molar-refractivity contribution < 1.29 is 0 Å². The first kappa shape index (κ1) is 10.7. The maximum Gasteiger partial charge on any atom is 0.181 e. The molecule has 0 aromatic heterocycles. The second-order valence-electron chi connectivity index (χ2n) is 3.10. The maximum atomic E-state index is 5.62. The number of rotatable bonds is 2. The molecule has 2 atom stereocenters. The summed E-state index contributed by atoms with van der Waals surface area (Å²) in [4.78, 5) is 0.210. The molecule has 0 spiro atoms. The van der Waals surface area contributed by atoms with Crippen molar-refractivity contribution in [2.24, 2.45) is 15.9 Å². The predicted molar refractivity (Wildman–Crippen MR) is 69.6 cm³/mol. The zero-order chi connectivity index (χ0) is 10.7.